The average molecular weight is 361 g/mol. The van der Waals surface area contributed by atoms with Crippen molar-refractivity contribution in [2.75, 3.05) is 11.9 Å². The number of carbonyl (C=O) groups excluding carboxylic acids is 1. The molecule has 0 saturated heterocycles. The molecule has 1 aromatic carbocycles. The maximum absolute atomic E-state index is 12.2. The highest BCUT2D eigenvalue weighted by atomic mass is 16.4. The van der Waals surface area contributed by atoms with Gasteiger partial charge in [0, 0.05) is 23.8 Å². The predicted molar refractivity (Wildman–Crippen MR) is 104 cm³/mol. The van der Waals surface area contributed by atoms with Crippen LogP contribution in [0.1, 0.15) is 58.4 Å². The second-order valence-electron chi connectivity index (χ2n) is 7.99. The Morgan fingerprint density at radius 3 is 2.50 bits per heavy atom. The molecule has 1 aliphatic carbocycles. The van der Waals surface area contributed by atoms with Crippen molar-refractivity contribution < 1.29 is 14.7 Å². The van der Waals surface area contributed by atoms with Crippen molar-refractivity contribution in [1.82, 2.24) is 10.2 Å². The first kappa shape index (κ1) is 20.1. The number of anilines is 1. The van der Waals surface area contributed by atoms with E-state index < -0.39 is 11.6 Å². The van der Waals surface area contributed by atoms with Gasteiger partial charge < -0.3 is 20.6 Å². The highest BCUT2D eigenvalue weighted by Crippen LogP contribution is 2.18. The van der Waals surface area contributed by atoms with E-state index in [-0.39, 0.29) is 12.1 Å². The van der Waals surface area contributed by atoms with Crippen molar-refractivity contribution in [3.05, 3.63) is 29.8 Å². The number of carboxylic acid groups (broad SMARTS) is 1. The smallest absolute Gasteiger partial charge is 0.407 e. The van der Waals surface area contributed by atoms with Crippen LogP contribution in [0, 0.1) is 0 Å². The van der Waals surface area contributed by atoms with E-state index in [2.05, 4.69) is 10.6 Å². The highest BCUT2D eigenvalue weighted by molar-refractivity contribution is 5.89. The summed E-state index contributed by atoms with van der Waals surface area (Å²) < 4.78 is 0. The van der Waals surface area contributed by atoms with Gasteiger partial charge in [-0.15, -0.1) is 0 Å². The summed E-state index contributed by atoms with van der Waals surface area (Å²) >= 11 is 0. The van der Waals surface area contributed by atoms with Gasteiger partial charge in [0.25, 0.3) is 0 Å². The lowest BCUT2D eigenvalue weighted by Gasteiger charge is -2.33. The minimum absolute atomic E-state index is 0.170. The molecule has 0 aromatic heterocycles. The first-order valence-electron chi connectivity index (χ1n) is 9.43. The van der Waals surface area contributed by atoms with Gasteiger partial charge in [-0.3, -0.25) is 0 Å². The van der Waals surface area contributed by atoms with Crippen LogP contribution in [0.15, 0.2) is 24.3 Å². The number of hydrogen-bond donors (Lipinski definition) is 3. The zero-order chi connectivity index (χ0) is 19.2. The topological polar surface area (TPSA) is 81.7 Å². The SMILES string of the molecule is CC(C)(C)N(CCc1cccc(NC(=O)NC2CCCCC2)c1)C(=O)O. The molecule has 6 heteroatoms. The van der Waals surface area contributed by atoms with Crippen LogP contribution < -0.4 is 10.6 Å². The number of benzene rings is 1. The summed E-state index contributed by atoms with van der Waals surface area (Å²) in [6.07, 6.45) is 5.38. The van der Waals surface area contributed by atoms with Crippen LogP contribution in [0.5, 0.6) is 0 Å². The van der Waals surface area contributed by atoms with Crippen molar-refractivity contribution in [1.29, 1.82) is 0 Å². The number of nitrogens with zero attached hydrogens (tertiary/aromatic N) is 1. The van der Waals surface area contributed by atoms with Crippen LogP contribution in [0.3, 0.4) is 0 Å². The molecule has 1 saturated carbocycles. The first-order chi connectivity index (χ1) is 12.3. The van der Waals surface area contributed by atoms with Gasteiger partial charge >= 0.3 is 12.1 Å². The molecular weight excluding hydrogens is 330 g/mol. The summed E-state index contributed by atoms with van der Waals surface area (Å²) in [6.45, 7) is 6.06. The summed E-state index contributed by atoms with van der Waals surface area (Å²) in [5, 5.41) is 15.3. The fourth-order valence-corrected chi connectivity index (χ4v) is 3.36. The third-order valence-corrected chi connectivity index (χ3v) is 4.79. The lowest BCUT2D eigenvalue weighted by atomic mass is 9.96. The van der Waals surface area contributed by atoms with Gasteiger partial charge in [-0.25, -0.2) is 9.59 Å². The fourth-order valence-electron chi connectivity index (χ4n) is 3.36. The quantitative estimate of drug-likeness (QED) is 0.724. The molecule has 0 heterocycles. The van der Waals surface area contributed by atoms with Gasteiger partial charge in [-0.2, -0.15) is 0 Å². The van der Waals surface area contributed by atoms with Crippen molar-refractivity contribution in [2.24, 2.45) is 0 Å². The lowest BCUT2D eigenvalue weighted by molar-refractivity contribution is 0.101. The molecule has 1 aliphatic rings. The van der Waals surface area contributed by atoms with E-state index in [1.807, 2.05) is 45.0 Å². The Labute approximate surface area is 156 Å². The number of amides is 3. The van der Waals surface area contributed by atoms with Crippen molar-refractivity contribution in [3.63, 3.8) is 0 Å². The second-order valence-corrected chi connectivity index (χ2v) is 7.99. The molecule has 0 bridgehead atoms. The van der Waals surface area contributed by atoms with Crippen LogP contribution >= 0.6 is 0 Å². The van der Waals surface area contributed by atoms with E-state index in [1.165, 1.54) is 24.2 Å². The Kier molecular flexibility index (Phi) is 6.89. The maximum Gasteiger partial charge on any atom is 0.407 e. The van der Waals surface area contributed by atoms with Gasteiger partial charge in [-0.1, -0.05) is 31.4 Å². The van der Waals surface area contributed by atoms with Gasteiger partial charge in [0.15, 0.2) is 0 Å². The third kappa shape index (κ3) is 6.24. The molecule has 0 atom stereocenters. The maximum atomic E-state index is 12.2. The Bertz CT molecular complexity index is 619. The van der Waals surface area contributed by atoms with Crippen LogP contribution in [0.25, 0.3) is 0 Å². The second kappa shape index (κ2) is 8.92. The van der Waals surface area contributed by atoms with E-state index in [9.17, 15) is 14.7 Å². The number of urea groups is 1. The molecule has 1 aromatic rings. The Morgan fingerprint density at radius 1 is 1.19 bits per heavy atom. The molecule has 3 amide bonds. The van der Waals surface area contributed by atoms with Gasteiger partial charge in [0.05, 0.1) is 0 Å². The zero-order valence-electron chi connectivity index (χ0n) is 16.0. The minimum atomic E-state index is -0.918. The molecule has 144 valence electrons. The molecule has 0 unspecified atom stereocenters. The minimum Gasteiger partial charge on any atom is -0.465 e. The average Bonchev–Trinajstić information content (AvgIpc) is 2.54. The number of carbonyl (C=O) groups is 2. The number of nitrogens with one attached hydrogen (secondary N) is 2. The molecule has 1 fully saturated rings. The summed E-state index contributed by atoms with van der Waals surface area (Å²) in [4.78, 5) is 25.0. The van der Waals surface area contributed by atoms with E-state index >= 15 is 0 Å². The van der Waals surface area contributed by atoms with Crippen molar-refractivity contribution in [3.8, 4) is 0 Å². The molecule has 0 aliphatic heterocycles. The molecular formula is C20H31N3O3. The van der Waals surface area contributed by atoms with E-state index in [4.69, 9.17) is 0 Å². The normalized spacial score (nSPS) is 15.3. The molecule has 0 radical (unpaired) electrons. The molecule has 26 heavy (non-hydrogen) atoms. The van der Waals surface area contributed by atoms with Crippen molar-refractivity contribution in [2.45, 2.75) is 70.9 Å². The lowest BCUT2D eigenvalue weighted by Crippen LogP contribution is -2.45. The molecule has 0 spiro atoms. The molecule has 3 N–H and O–H groups in total. The van der Waals surface area contributed by atoms with E-state index in [0.717, 1.165) is 24.1 Å². The van der Waals surface area contributed by atoms with Gasteiger partial charge in [-0.05, 0) is 57.7 Å². The van der Waals surface area contributed by atoms with Crippen LogP contribution in [0.4, 0.5) is 15.3 Å². The fraction of sp³-hybridized carbons (Fsp3) is 0.600. The van der Waals surface area contributed by atoms with E-state index in [0.29, 0.717) is 13.0 Å². The van der Waals surface area contributed by atoms with Gasteiger partial charge in [0.2, 0.25) is 0 Å². The first-order valence-corrected chi connectivity index (χ1v) is 9.43. The van der Waals surface area contributed by atoms with Crippen LogP contribution in [-0.2, 0) is 6.42 Å². The largest absolute Gasteiger partial charge is 0.465 e. The van der Waals surface area contributed by atoms with Crippen LogP contribution in [0.2, 0.25) is 0 Å². The van der Waals surface area contributed by atoms with Gasteiger partial charge in [0.1, 0.15) is 0 Å². The highest BCUT2D eigenvalue weighted by Gasteiger charge is 2.25. The summed E-state index contributed by atoms with van der Waals surface area (Å²) in [7, 11) is 0. The molecule has 2 rings (SSSR count). The van der Waals surface area contributed by atoms with E-state index in [1.54, 1.807) is 0 Å². The summed E-state index contributed by atoms with van der Waals surface area (Å²) in [6, 6.07) is 7.69. The molecule has 6 nitrogen and oxygen atoms in total. The zero-order valence-corrected chi connectivity index (χ0v) is 16.0. The third-order valence-electron chi connectivity index (χ3n) is 4.79. The monoisotopic (exact) mass is 361 g/mol. The standard InChI is InChI=1S/C20H31N3O3/c1-20(2,3)23(19(25)26)13-12-15-8-7-11-17(14-15)22-18(24)21-16-9-5-4-6-10-16/h7-8,11,14,16H,4-6,9-10,12-13H2,1-3H3,(H,25,26)(H2,21,22,24). The summed E-state index contributed by atoms with van der Waals surface area (Å²) in [5.41, 5.74) is 1.28. The van der Waals surface area contributed by atoms with Crippen molar-refractivity contribution >= 4 is 17.8 Å². The Morgan fingerprint density at radius 2 is 1.88 bits per heavy atom. The Balaban J connectivity index is 1.90. The summed E-state index contributed by atoms with van der Waals surface area (Å²) in [5.74, 6) is 0. The Hall–Kier alpha value is -2.24. The van der Waals surface area contributed by atoms with Crippen LogP contribution in [-0.4, -0.2) is 40.3 Å². The predicted octanol–water partition coefficient (Wildman–Crippen LogP) is 4.46. The number of hydrogen-bond acceptors (Lipinski definition) is 2. The number of rotatable bonds is 5.